The van der Waals surface area contributed by atoms with Crippen LogP contribution in [0.3, 0.4) is 0 Å². The third-order valence-corrected chi connectivity index (χ3v) is 8.65. The van der Waals surface area contributed by atoms with Gasteiger partial charge in [-0.25, -0.2) is 14.2 Å². The van der Waals surface area contributed by atoms with Crippen LogP contribution in [0.5, 0.6) is 0 Å². The first kappa shape index (κ1) is 25.3. The summed E-state index contributed by atoms with van der Waals surface area (Å²) in [6.07, 6.45) is 3.60. The molecule has 1 atom stereocenters. The van der Waals surface area contributed by atoms with Gasteiger partial charge in [-0.05, 0) is 38.1 Å². The van der Waals surface area contributed by atoms with E-state index >= 15 is 0 Å². The Morgan fingerprint density at radius 3 is 2.38 bits per heavy atom. The van der Waals surface area contributed by atoms with Gasteiger partial charge in [0.1, 0.15) is 17.4 Å². The monoisotopic (exact) mass is 536 g/mol. The average molecular weight is 537 g/mol. The first-order valence-electron chi connectivity index (χ1n) is 12.2. The molecule has 1 aliphatic rings. The molecule has 0 fully saturated rings. The molecule has 1 aromatic carbocycles. The van der Waals surface area contributed by atoms with Crippen LogP contribution in [-0.2, 0) is 11.5 Å². The molecule has 0 aliphatic carbocycles. The van der Waals surface area contributed by atoms with E-state index in [1.54, 1.807) is 46.6 Å². The maximum atomic E-state index is 13.2. The molecule has 4 heterocycles. The molecule has 192 valence electrons. The number of aromatic nitrogens is 5. The summed E-state index contributed by atoms with van der Waals surface area (Å²) in [5.74, 6) is -0.676. The Balaban J connectivity index is 1.51. The van der Waals surface area contributed by atoms with Crippen molar-refractivity contribution in [2.45, 2.75) is 52.3 Å². The number of hydrogen-bond donors (Lipinski definition) is 0. The van der Waals surface area contributed by atoms with Crippen molar-refractivity contribution in [3.8, 4) is 11.4 Å². The first-order valence-corrected chi connectivity index (χ1v) is 16.3. The second-order valence-corrected chi connectivity index (χ2v) is 16.5. The summed E-state index contributed by atoms with van der Waals surface area (Å²) in [7, 11) is -1.19. The summed E-state index contributed by atoms with van der Waals surface area (Å²) >= 11 is 6.49. The maximum absolute atomic E-state index is 13.2. The van der Waals surface area contributed by atoms with E-state index in [1.807, 2.05) is 19.2 Å². The standard InChI is InChI=1S/C26H29ClN6O3Si/c1-16-22(27)24-28-23(21-10-11-31(30-21)15-36-12-13-37(3,4)5)20(14-32(24)29-16)17(2)33-25(34)18-8-6-7-9-19(18)26(33)35/h6-11,14,17H,12-13,15H2,1-5H3/t17-/m0/s1. The van der Waals surface area contributed by atoms with E-state index in [-0.39, 0.29) is 11.8 Å². The maximum Gasteiger partial charge on any atom is 0.262 e. The number of benzene rings is 1. The minimum Gasteiger partial charge on any atom is -0.360 e. The van der Waals surface area contributed by atoms with Gasteiger partial charge in [0.2, 0.25) is 0 Å². The second kappa shape index (κ2) is 9.51. The minimum atomic E-state index is -1.19. The number of carbonyl (C=O) groups excluding carboxylic acids is 2. The molecule has 37 heavy (non-hydrogen) atoms. The number of amides is 2. The number of fused-ring (bicyclic) bond motifs is 2. The van der Waals surface area contributed by atoms with Crippen molar-refractivity contribution in [2.24, 2.45) is 0 Å². The second-order valence-electron chi connectivity index (χ2n) is 10.5. The number of rotatable bonds is 8. The zero-order valence-electron chi connectivity index (χ0n) is 21.5. The van der Waals surface area contributed by atoms with Crippen molar-refractivity contribution in [3.05, 3.63) is 70.1 Å². The molecule has 0 bridgehead atoms. The topological polar surface area (TPSA) is 94.6 Å². The molecule has 0 radical (unpaired) electrons. The van der Waals surface area contributed by atoms with E-state index in [1.165, 1.54) is 4.90 Å². The Morgan fingerprint density at radius 1 is 1.05 bits per heavy atom. The summed E-state index contributed by atoms with van der Waals surface area (Å²) in [6, 6.07) is 9.14. The zero-order valence-corrected chi connectivity index (χ0v) is 23.3. The normalized spacial score (nSPS) is 14.6. The summed E-state index contributed by atoms with van der Waals surface area (Å²) in [5.41, 5.74) is 3.65. The molecule has 4 aromatic rings. The number of ether oxygens (including phenoxy) is 1. The van der Waals surface area contributed by atoms with Crippen LogP contribution in [0.1, 0.15) is 44.9 Å². The summed E-state index contributed by atoms with van der Waals surface area (Å²) in [6.45, 7) is 11.5. The van der Waals surface area contributed by atoms with Gasteiger partial charge in [-0.3, -0.25) is 14.5 Å². The molecule has 0 saturated heterocycles. The van der Waals surface area contributed by atoms with Crippen LogP contribution in [0, 0.1) is 6.92 Å². The van der Waals surface area contributed by atoms with Crippen LogP contribution < -0.4 is 0 Å². The Morgan fingerprint density at radius 2 is 1.73 bits per heavy atom. The van der Waals surface area contributed by atoms with Crippen LogP contribution >= 0.6 is 11.6 Å². The summed E-state index contributed by atoms with van der Waals surface area (Å²) < 4.78 is 9.14. The molecular weight excluding hydrogens is 508 g/mol. The van der Waals surface area contributed by atoms with E-state index in [0.29, 0.717) is 57.8 Å². The quantitative estimate of drug-likeness (QED) is 0.174. The molecule has 9 nitrogen and oxygen atoms in total. The minimum absolute atomic E-state index is 0.322. The van der Waals surface area contributed by atoms with Crippen molar-refractivity contribution < 1.29 is 14.3 Å². The van der Waals surface area contributed by atoms with Crippen molar-refractivity contribution in [2.75, 3.05) is 6.61 Å². The van der Waals surface area contributed by atoms with Gasteiger partial charge in [0.25, 0.3) is 11.8 Å². The fourth-order valence-corrected chi connectivity index (χ4v) is 5.30. The third-order valence-electron chi connectivity index (χ3n) is 6.51. The number of aryl methyl sites for hydroxylation is 1. The number of nitrogens with zero attached hydrogens (tertiary/aromatic N) is 6. The highest BCUT2D eigenvalue weighted by atomic mass is 35.5. The van der Waals surface area contributed by atoms with Gasteiger partial charge in [-0.15, -0.1) is 0 Å². The van der Waals surface area contributed by atoms with Crippen molar-refractivity contribution in [3.63, 3.8) is 0 Å². The van der Waals surface area contributed by atoms with Gasteiger partial charge in [0.15, 0.2) is 5.65 Å². The van der Waals surface area contributed by atoms with Gasteiger partial charge >= 0.3 is 0 Å². The fraction of sp³-hybridized carbons (Fsp3) is 0.346. The van der Waals surface area contributed by atoms with Gasteiger partial charge in [0.05, 0.1) is 28.6 Å². The molecule has 1 aliphatic heterocycles. The van der Waals surface area contributed by atoms with Gasteiger partial charge in [-0.2, -0.15) is 10.2 Å². The Kier molecular flexibility index (Phi) is 6.51. The lowest BCUT2D eigenvalue weighted by molar-refractivity contribution is 0.0595. The smallest absolute Gasteiger partial charge is 0.262 e. The Labute approximate surface area is 221 Å². The van der Waals surface area contributed by atoms with Crippen LogP contribution in [0.4, 0.5) is 0 Å². The highest BCUT2D eigenvalue weighted by Crippen LogP contribution is 2.36. The predicted molar refractivity (Wildman–Crippen MR) is 143 cm³/mol. The highest BCUT2D eigenvalue weighted by Gasteiger charge is 2.40. The lowest BCUT2D eigenvalue weighted by Crippen LogP contribution is -2.33. The molecule has 11 heteroatoms. The van der Waals surface area contributed by atoms with E-state index < -0.39 is 14.1 Å². The Bertz CT molecular complexity index is 1490. The average Bonchev–Trinajstić information content (AvgIpc) is 3.51. The lowest BCUT2D eigenvalue weighted by Gasteiger charge is -2.24. The number of imide groups is 1. The molecule has 0 N–H and O–H groups in total. The van der Waals surface area contributed by atoms with E-state index in [9.17, 15) is 9.59 Å². The predicted octanol–water partition coefficient (Wildman–Crippen LogP) is 5.22. The van der Waals surface area contributed by atoms with Crippen molar-refractivity contribution in [1.29, 1.82) is 0 Å². The lowest BCUT2D eigenvalue weighted by atomic mass is 10.0. The number of halogens is 1. The van der Waals surface area contributed by atoms with Gasteiger partial charge < -0.3 is 4.74 Å². The molecule has 3 aromatic heterocycles. The molecule has 0 saturated carbocycles. The molecule has 2 amide bonds. The van der Waals surface area contributed by atoms with Crippen molar-refractivity contribution >= 4 is 37.1 Å². The number of carbonyl (C=O) groups is 2. The van der Waals surface area contributed by atoms with E-state index in [2.05, 4.69) is 29.8 Å². The summed E-state index contributed by atoms with van der Waals surface area (Å²) in [4.78, 5) is 32.5. The highest BCUT2D eigenvalue weighted by molar-refractivity contribution is 6.76. The van der Waals surface area contributed by atoms with Crippen LogP contribution in [0.15, 0.2) is 42.7 Å². The third kappa shape index (κ3) is 4.72. The van der Waals surface area contributed by atoms with Gasteiger partial charge in [0, 0.05) is 32.6 Å². The molecular formula is C26H29ClN6O3Si. The van der Waals surface area contributed by atoms with E-state index in [4.69, 9.17) is 21.3 Å². The number of hydrogen-bond acceptors (Lipinski definition) is 6. The van der Waals surface area contributed by atoms with E-state index in [0.717, 1.165) is 6.04 Å². The Hall–Kier alpha value is -3.34. The van der Waals surface area contributed by atoms with Gasteiger partial charge in [-0.1, -0.05) is 43.4 Å². The summed E-state index contributed by atoms with van der Waals surface area (Å²) in [5, 5.41) is 9.59. The van der Waals surface area contributed by atoms with Crippen LogP contribution in [-0.4, -0.2) is 55.8 Å². The zero-order chi connectivity index (χ0) is 26.5. The van der Waals surface area contributed by atoms with Crippen LogP contribution in [0.25, 0.3) is 17.0 Å². The molecule has 0 spiro atoms. The van der Waals surface area contributed by atoms with Crippen molar-refractivity contribution in [1.82, 2.24) is 29.3 Å². The van der Waals surface area contributed by atoms with Crippen LogP contribution in [0.2, 0.25) is 30.7 Å². The molecule has 5 rings (SSSR count). The SMILES string of the molecule is Cc1nn2cc([C@H](C)N3C(=O)c4ccccc4C3=O)c(-c3ccn(COCC[Si](C)(C)C)n3)nc2c1Cl. The fourth-order valence-electron chi connectivity index (χ4n) is 4.37. The first-order chi connectivity index (χ1) is 17.5. The largest absolute Gasteiger partial charge is 0.360 e. The molecule has 0 unspecified atom stereocenters.